The van der Waals surface area contributed by atoms with Gasteiger partial charge in [-0.15, -0.1) is 0 Å². The van der Waals surface area contributed by atoms with Crippen LogP contribution in [-0.4, -0.2) is 37.9 Å². The number of hydrogen-bond acceptors (Lipinski definition) is 5. The summed E-state index contributed by atoms with van der Waals surface area (Å²) >= 11 is 0. The lowest BCUT2D eigenvalue weighted by molar-refractivity contribution is 0.102. The number of hydrogen-bond donors (Lipinski definition) is 4. The molecule has 0 spiro atoms. The maximum Gasteiger partial charge on any atom is 0.320 e. The maximum absolute atomic E-state index is 12.5. The predicted molar refractivity (Wildman–Crippen MR) is 101 cm³/mol. The van der Waals surface area contributed by atoms with E-state index in [0.717, 1.165) is 29.5 Å². The van der Waals surface area contributed by atoms with Gasteiger partial charge in [0.2, 0.25) is 0 Å². The van der Waals surface area contributed by atoms with E-state index in [1.165, 1.54) is 12.5 Å². The van der Waals surface area contributed by atoms with Gasteiger partial charge in [-0.05, 0) is 44.4 Å². The molecule has 0 unspecified atom stereocenters. The number of carbonyl (C=O) groups is 2. The van der Waals surface area contributed by atoms with Gasteiger partial charge in [0.25, 0.3) is 5.91 Å². The number of pyridine rings is 1. The van der Waals surface area contributed by atoms with Crippen molar-refractivity contribution >= 4 is 34.6 Å². The summed E-state index contributed by atoms with van der Waals surface area (Å²) < 4.78 is 0. The van der Waals surface area contributed by atoms with Gasteiger partial charge in [0.15, 0.2) is 0 Å². The van der Waals surface area contributed by atoms with Crippen LogP contribution in [0.5, 0.6) is 0 Å². The van der Waals surface area contributed by atoms with Gasteiger partial charge < -0.3 is 15.6 Å². The van der Waals surface area contributed by atoms with Crippen molar-refractivity contribution in [3.8, 4) is 0 Å². The van der Waals surface area contributed by atoms with Crippen molar-refractivity contribution in [1.29, 1.82) is 0 Å². The summed E-state index contributed by atoms with van der Waals surface area (Å²) in [6.07, 6.45) is 4.83. The molecule has 1 fully saturated rings. The number of aryl methyl sites for hydroxylation is 2. The van der Waals surface area contributed by atoms with Crippen molar-refractivity contribution in [3.63, 3.8) is 0 Å². The summed E-state index contributed by atoms with van der Waals surface area (Å²) in [6.45, 7) is 3.89. The highest BCUT2D eigenvalue weighted by atomic mass is 16.2. The smallest absolute Gasteiger partial charge is 0.320 e. The molecule has 138 valence electrons. The molecule has 0 saturated heterocycles. The van der Waals surface area contributed by atoms with Gasteiger partial charge in [-0.3, -0.25) is 10.1 Å². The van der Waals surface area contributed by atoms with Crippen LogP contribution in [0.2, 0.25) is 0 Å². The molecule has 27 heavy (non-hydrogen) atoms. The van der Waals surface area contributed by atoms with Crippen molar-refractivity contribution in [1.82, 2.24) is 25.3 Å². The highest BCUT2D eigenvalue weighted by Crippen LogP contribution is 2.25. The largest absolute Gasteiger partial charge is 0.343 e. The minimum absolute atomic E-state index is 0.264. The fourth-order valence-corrected chi connectivity index (χ4v) is 2.74. The summed E-state index contributed by atoms with van der Waals surface area (Å²) in [5.74, 6) is 0.485. The van der Waals surface area contributed by atoms with E-state index in [2.05, 4.69) is 35.9 Å². The second-order valence-electron chi connectivity index (χ2n) is 6.58. The Balaban J connectivity index is 1.47. The third-order valence-corrected chi connectivity index (χ3v) is 4.50. The van der Waals surface area contributed by atoms with Crippen LogP contribution < -0.4 is 16.0 Å². The van der Waals surface area contributed by atoms with Gasteiger partial charge >= 0.3 is 6.03 Å². The van der Waals surface area contributed by atoms with Crippen LogP contribution in [-0.2, 0) is 0 Å². The monoisotopic (exact) mass is 365 g/mol. The maximum atomic E-state index is 12.5. The number of rotatable bonds is 4. The lowest BCUT2D eigenvalue weighted by Crippen LogP contribution is -2.30. The number of urea groups is 1. The predicted octanol–water partition coefficient (Wildman–Crippen LogP) is 2.51. The molecule has 4 rings (SSSR count). The molecule has 3 heterocycles. The van der Waals surface area contributed by atoms with Crippen LogP contribution >= 0.6 is 0 Å². The van der Waals surface area contributed by atoms with Gasteiger partial charge in [-0.25, -0.2) is 19.7 Å². The molecule has 3 aromatic rings. The van der Waals surface area contributed by atoms with Gasteiger partial charge in [0, 0.05) is 17.9 Å². The molecule has 0 aromatic carbocycles. The van der Waals surface area contributed by atoms with Gasteiger partial charge in [0.05, 0.1) is 10.9 Å². The number of nitrogens with zero attached hydrogens (tertiary/aromatic N) is 3. The molecule has 3 amide bonds. The normalized spacial score (nSPS) is 13.4. The van der Waals surface area contributed by atoms with Gasteiger partial charge in [0.1, 0.15) is 23.6 Å². The topological polar surface area (TPSA) is 125 Å². The zero-order valence-electron chi connectivity index (χ0n) is 15.0. The minimum atomic E-state index is -0.338. The van der Waals surface area contributed by atoms with E-state index in [1.807, 2.05) is 13.8 Å². The van der Waals surface area contributed by atoms with E-state index >= 15 is 0 Å². The number of amides is 3. The first-order valence-corrected chi connectivity index (χ1v) is 8.66. The van der Waals surface area contributed by atoms with Gasteiger partial charge in [-0.1, -0.05) is 0 Å². The fraction of sp³-hybridized carbons (Fsp3) is 0.278. The molecule has 0 aliphatic heterocycles. The van der Waals surface area contributed by atoms with Crippen LogP contribution in [0.1, 0.15) is 34.5 Å². The van der Waals surface area contributed by atoms with Crippen molar-refractivity contribution in [2.75, 3.05) is 10.6 Å². The van der Waals surface area contributed by atoms with Crippen molar-refractivity contribution in [3.05, 3.63) is 41.5 Å². The molecular formula is C18H19N7O2. The first-order chi connectivity index (χ1) is 13.0. The Morgan fingerprint density at radius 1 is 1.11 bits per heavy atom. The highest BCUT2D eigenvalue weighted by Gasteiger charge is 2.23. The fourth-order valence-electron chi connectivity index (χ4n) is 2.74. The number of aromatic amines is 1. The molecule has 0 bridgehead atoms. The molecule has 1 saturated carbocycles. The Bertz CT molecular complexity index is 1020. The molecular weight excluding hydrogens is 346 g/mol. The lowest BCUT2D eigenvalue weighted by Gasteiger charge is -2.08. The van der Waals surface area contributed by atoms with Crippen LogP contribution in [0.4, 0.5) is 16.4 Å². The van der Waals surface area contributed by atoms with Crippen LogP contribution in [0, 0.1) is 13.8 Å². The Hall–Kier alpha value is -3.49. The van der Waals surface area contributed by atoms with Gasteiger partial charge in [-0.2, -0.15) is 0 Å². The summed E-state index contributed by atoms with van der Waals surface area (Å²) in [5, 5.41) is 9.04. The average molecular weight is 365 g/mol. The van der Waals surface area contributed by atoms with Crippen molar-refractivity contribution < 1.29 is 9.59 Å². The number of nitrogens with one attached hydrogen (secondary N) is 4. The molecule has 3 aromatic heterocycles. The zero-order valence-corrected chi connectivity index (χ0v) is 15.0. The third kappa shape index (κ3) is 3.57. The number of aromatic nitrogens is 4. The summed E-state index contributed by atoms with van der Waals surface area (Å²) in [4.78, 5) is 39.9. The van der Waals surface area contributed by atoms with Crippen molar-refractivity contribution in [2.45, 2.75) is 32.7 Å². The van der Waals surface area contributed by atoms with E-state index in [1.54, 1.807) is 12.1 Å². The summed E-state index contributed by atoms with van der Waals surface area (Å²) in [6, 6.07) is 3.16. The molecule has 4 N–H and O–H groups in total. The number of anilines is 2. The number of fused-ring (bicyclic) bond motifs is 1. The van der Waals surface area contributed by atoms with E-state index in [9.17, 15) is 9.59 Å². The molecule has 1 aliphatic carbocycles. The standard InChI is InChI=1S/C18H19N7O2/c1-9-10(2)22-15-14(9)16(21-8-20-15)25-17(26)11-3-6-13(19-7-11)24-18(27)23-12-4-5-12/h3,6-8,12H,4-5H2,1-2H3,(H2,19,23,24,27)(H2,20,21,22,25,26). The zero-order chi connectivity index (χ0) is 19.0. The quantitative estimate of drug-likeness (QED) is 0.565. The lowest BCUT2D eigenvalue weighted by atomic mass is 10.2. The Labute approximate surface area is 155 Å². The number of carbonyl (C=O) groups excluding carboxylic acids is 2. The van der Waals surface area contributed by atoms with E-state index < -0.39 is 0 Å². The molecule has 0 atom stereocenters. The molecule has 9 nitrogen and oxygen atoms in total. The first-order valence-electron chi connectivity index (χ1n) is 8.66. The first kappa shape index (κ1) is 17.0. The summed E-state index contributed by atoms with van der Waals surface area (Å²) in [5.41, 5.74) is 3.00. The Kier molecular flexibility index (Phi) is 4.19. The van der Waals surface area contributed by atoms with Crippen molar-refractivity contribution in [2.24, 2.45) is 0 Å². The molecule has 1 aliphatic rings. The second kappa shape index (κ2) is 6.67. The second-order valence-corrected chi connectivity index (χ2v) is 6.58. The van der Waals surface area contributed by atoms with Crippen LogP contribution in [0.3, 0.4) is 0 Å². The van der Waals surface area contributed by atoms with Crippen LogP contribution in [0.15, 0.2) is 24.7 Å². The summed E-state index contributed by atoms with van der Waals surface area (Å²) in [7, 11) is 0. The minimum Gasteiger partial charge on any atom is -0.343 e. The van der Waals surface area contributed by atoms with E-state index in [0.29, 0.717) is 22.8 Å². The average Bonchev–Trinajstić information content (AvgIpc) is 3.40. The Morgan fingerprint density at radius 2 is 1.93 bits per heavy atom. The van der Waals surface area contributed by atoms with E-state index in [4.69, 9.17) is 0 Å². The molecule has 9 heteroatoms. The third-order valence-electron chi connectivity index (χ3n) is 4.50. The molecule has 0 radical (unpaired) electrons. The Morgan fingerprint density at radius 3 is 2.63 bits per heavy atom. The number of H-pyrrole nitrogens is 1. The van der Waals surface area contributed by atoms with E-state index in [-0.39, 0.29) is 18.0 Å². The van der Waals surface area contributed by atoms with Crippen LogP contribution in [0.25, 0.3) is 11.0 Å². The highest BCUT2D eigenvalue weighted by molar-refractivity contribution is 6.08. The SMILES string of the molecule is Cc1[nH]c2ncnc(NC(=O)c3ccc(NC(=O)NC4CC4)nc3)c2c1C.